The number of fused-ring (bicyclic) bond motifs is 1. The second-order valence-electron chi connectivity index (χ2n) is 5.71. The largest absolute Gasteiger partial charge is 0.346 e. The van der Waals surface area contributed by atoms with Crippen LogP contribution < -0.4 is 4.90 Å². The summed E-state index contributed by atoms with van der Waals surface area (Å²) >= 11 is 1.47. The summed E-state index contributed by atoms with van der Waals surface area (Å²) in [5.41, 5.74) is 2.34. The molecule has 0 aromatic carbocycles. The average Bonchev–Trinajstić information content (AvgIpc) is 3.15. The lowest BCUT2D eigenvalue weighted by molar-refractivity contribution is -0.119. The highest BCUT2D eigenvalue weighted by Crippen LogP contribution is 2.30. The number of hydrogen-bond acceptors (Lipinski definition) is 5. The number of nitrogens with zero attached hydrogens (tertiary/aromatic N) is 4. The predicted molar refractivity (Wildman–Crippen MR) is 94.6 cm³/mol. The Balaban J connectivity index is 0.00000208. The maximum Gasteiger partial charge on any atom is 0.229 e. The summed E-state index contributed by atoms with van der Waals surface area (Å²) in [7, 11) is 0. The number of carbonyl (C=O) groups is 1. The van der Waals surface area contributed by atoms with Gasteiger partial charge in [-0.2, -0.15) is 0 Å². The molecule has 0 aliphatic carbocycles. The molecule has 1 amide bonds. The maximum absolute atomic E-state index is 12.4. The lowest BCUT2D eigenvalue weighted by Gasteiger charge is -2.18. The predicted octanol–water partition coefficient (Wildman–Crippen LogP) is 3.73. The van der Waals surface area contributed by atoms with Gasteiger partial charge in [-0.05, 0) is 18.9 Å². The highest BCUT2D eigenvalue weighted by molar-refractivity contribution is 7.14. The SMILES string of the molecule is CCN(C(=O)CC(C)C)c1nc(-c2ncnc3[nH]ccc23)cs1.[HH]. The van der Waals surface area contributed by atoms with Crippen LogP contribution in [0.2, 0.25) is 0 Å². The van der Waals surface area contributed by atoms with E-state index in [1.54, 1.807) is 4.90 Å². The molecule has 0 unspecified atom stereocenters. The lowest BCUT2D eigenvalue weighted by atomic mass is 10.1. The number of H-pyrrole nitrogens is 1. The minimum absolute atomic E-state index is 0. The molecule has 6 nitrogen and oxygen atoms in total. The van der Waals surface area contributed by atoms with Gasteiger partial charge >= 0.3 is 0 Å². The molecule has 3 rings (SSSR count). The standard InChI is InChI=1S/C16H19N5OS.H2/c1-4-21(13(22)7-10(2)3)16-20-12(8-23-16)14-11-5-6-17-15(11)19-9-18-14;/h5-6,8-10H,4,7H2,1-3H3,(H,17,18,19);1H. The first-order chi connectivity index (χ1) is 11.1. The van der Waals surface area contributed by atoms with E-state index in [1.165, 1.54) is 17.7 Å². The monoisotopic (exact) mass is 331 g/mol. The van der Waals surface area contributed by atoms with Crippen molar-refractivity contribution < 1.29 is 6.22 Å². The van der Waals surface area contributed by atoms with Crippen LogP contribution >= 0.6 is 11.3 Å². The van der Waals surface area contributed by atoms with Gasteiger partial charge in [0.1, 0.15) is 23.4 Å². The molecule has 0 aliphatic heterocycles. The maximum atomic E-state index is 12.4. The molecule has 0 bridgehead atoms. The molecule has 3 aromatic heterocycles. The fourth-order valence-electron chi connectivity index (χ4n) is 2.45. The zero-order chi connectivity index (χ0) is 16.4. The lowest BCUT2D eigenvalue weighted by Crippen LogP contribution is -2.31. The van der Waals surface area contributed by atoms with Gasteiger partial charge in [0.25, 0.3) is 0 Å². The normalized spacial score (nSPS) is 11.3. The van der Waals surface area contributed by atoms with Crippen molar-refractivity contribution in [3.63, 3.8) is 0 Å². The van der Waals surface area contributed by atoms with Crippen molar-refractivity contribution in [1.29, 1.82) is 0 Å². The summed E-state index contributed by atoms with van der Waals surface area (Å²) in [6.45, 7) is 6.67. The van der Waals surface area contributed by atoms with E-state index < -0.39 is 0 Å². The minimum atomic E-state index is 0. The molecular formula is C16H21N5OS. The molecule has 7 heteroatoms. The van der Waals surface area contributed by atoms with Crippen molar-refractivity contribution in [2.45, 2.75) is 27.2 Å². The first-order valence-electron chi connectivity index (χ1n) is 7.64. The van der Waals surface area contributed by atoms with Crippen molar-refractivity contribution >= 4 is 33.4 Å². The summed E-state index contributed by atoms with van der Waals surface area (Å²) in [6, 6.07) is 1.94. The minimum Gasteiger partial charge on any atom is -0.346 e. The van der Waals surface area contributed by atoms with E-state index in [2.05, 4.69) is 19.9 Å². The Kier molecular flexibility index (Phi) is 4.38. The van der Waals surface area contributed by atoms with Crippen LogP contribution in [0.1, 0.15) is 28.6 Å². The van der Waals surface area contributed by atoms with Gasteiger partial charge in [-0.15, -0.1) is 11.3 Å². The van der Waals surface area contributed by atoms with Crippen LogP contribution in [0.4, 0.5) is 5.13 Å². The first-order valence-corrected chi connectivity index (χ1v) is 8.52. The third-order valence-electron chi connectivity index (χ3n) is 3.52. The van der Waals surface area contributed by atoms with Crippen LogP contribution in [0.15, 0.2) is 24.0 Å². The molecule has 0 saturated heterocycles. The number of aromatic nitrogens is 4. The van der Waals surface area contributed by atoms with E-state index in [0.717, 1.165) is 27.6 Å². The van der Waals surface area contributed by atoms with Crippen LogP contribution in [0.25, 0.3) is 22.4 Å². The van der Waals surface area contributed by atoms with E-state index in [0.29, 0.717) is 18.9 Å². The smallest absolute Gasteiger partial charge is 0.229 e. The van der Waals surface area contributed by atoms with Crippen LogP contribution in [0.3, 0.4) is 0 Å². The van der Waals surface area contributed by atoms with E-state index in [9.17, 15) is 4.79 Å². The number of nitrogens with one attached hydrogen (secondary N) is 1. The summed E-state index contributed by atoms with van der Waals surface area (Å²) in [5, 5.41) is 3.59. The summed E-state index contributed by atoms with van der Waals surface area (Å²) in [5.74, 6) is 0.440. The highest BCUT2D eigenvalue weighted by atomic mass is 32.1. The molecule has 1 N–H and O–H groups in total. The number of amides is 1. The number of anilines is 1. The molecule has 3 aromatic rings. The molecule has 0 aliphatic rings. The Morgan fingerprint density at radius 1 is 1.43 bits per heavy atom. The van der Waals surface area contributed by atoms with Gasteiger partial charge in [-0.3, -0.25) is 9.69 Å². The topological polar surface area (TPSA) is 74.8 Å². The van der Waals surface area contributed by atoms with Crippen LogP contribution in [0.5, 0.6) is 0 Å². The second kappa shape index (κ2) is 6.45. The molecule has 0 fully saturated rings. The second-order valence-corrected chi connectivity index (χ2v) is 6.55. The Morgan fingerprint density at radius 3 is 3.00 bits per heavy atom. The van der Waals surface area contributed by atoms with Gasteiger partial charge in [-0.1, -0.05) is 13.8 Å². The highest BCUT2D eigenvalue weighted by Gasteiger charge is 2.19. The van der Waals surface area contributed by atoms with E-state index >= 15 is 0 Å². The number of thiazole rings is 1. The van der Waals surface area contributed by atoms with Crippen molar-refractivity contribution in [1.82, 2.24) is 19.9 Å². The zero-order valence-electron chi connectivity index (χ0n) is 13.4. The van der Waals surface area contributed by atoms with E-state index in [4.69, 9.17) is 0 Å². The number of carbonyl (C=O) groups excluding carboxylic acids is 1. The molecule has 3 heterocycles. The fourth-order valence-corrected chi connectivity index (χ4v) is 3.34. The molecule has 122 valence electrons. The van der Waals surface area contributed by atoms with Crippen molar-refractivity contribution in [2.24, 2.45) is 5.92 Å². The third kappa shape index (κ3) is 3.10. The van der Waals surface area contributed by atoms with Crippen molar-refractivity contribution in [2.75, 3.05) is 11.4 Å². The third-order valence-corrected chi connectivity index (χ3v) is 4.38. The molecule has 0 atom stereocenters. The number of hydrogen-bond donors (Lipinski definition) is 1. The van der Waals surface area contributed by atoms with Crippen molar-refractivity contribution in [3.05, 3.63) is 24.0 Å². The molecular weight excluding hydrogens is 310 g/mol. The fraction of sp³-hybridized carbons (Fsp3) is 0.375. The van der Waals surface area contributed by atoms with Crippen LogP contribution in [-0.4, -0.2) is 32.4 Å². The van der Waals surface area contributed by atoms with Gasteiger partial charge in [0.2, 0.25) is 5.91 Å². The Morgan fingerprint density at radius 2 is 2.26 bits per heavy atom. The van der Waals surface area contributed by atoms with Gasteiger partial charge in [0.15, 0.2) is 5.13 Å². The quantitative estimate of drug-likeness (QED) is 0.773. The Hall–Kier alpha value is -2.28. The Bertz CT molecular complexity index is 829. The number of aromatic amines is 1. The van der Waals surface area contributed by atoms with E-state index in [-0.39, 0.29) is 7.33 Å². The zero-order valence-corrected chi connectivity index (χ0v) is 14.2. The van der Waals surface area contributed by atoms with Gasteiger partial charge < -0.3 is 4.98 Å². The van der Waals surface area contributed by atoms with Gasteiger partial charge in [0, 0.05) is 31.4 Å². The number of rotatable bonds is 5. The first kappa shape index (κ1) is 15.6. The average molecular weight is 331 g/mol. The van der Waals surface area contributed by atoms with Gasteiger partial charge in [0.05, 0.1) is 0 Å². The molecule has 23 heavy (non-hydrogen) atoms. The Labute approximate surface area is 140 Å². The van der Waals surface area contributed by atoms with E-state index in [1.807, 2.05) is 38.4 Å². The van der Waals surface area contributed by atoms with Gasteiger partial charge in [-0.25, -0.2) is 15.0 Å². The van der Waals surface area contributed by atoms with Crippen molar-refractivity contribution in [3.8, 4) is 11.4 Å². The summed E-state index contributed by atoms with van der Waals surface area (Å²) in [6.07, 6.45) is 3.88. The summed E-state index contributed by atoms with van der Waals surface area (Å²) < 4.78 is 0. The molecule has 0 spiro atoms. The molecule has 0 saturated carbocycles. The van der Waals surface area contributed by atoms with Crippen LogP contribution in [-0.2, 0) is 4.79 Å². The van der Waals surface area contributed by atoms with Crippen LogP contribution in [0, 0.1) is 5.92 Å². The molecule has 0 radical (unpaired) electrons. The summed E-state index contributed by atoms with van der Waals surface area (Å²) in [4.78, 5) is 30.3.